The van der Waals surface area contributed by atoms with E-state index >= 15 is 0 Å². The summed E-state index contributed by atoms with van der Waals surface area (Å²) in [6, 6.07) is 15.0. The van der Waals surface area contributed by atoms with Crippen molar-refractivity contribution >= 4 is 0 Å². The quantitative estimate of drug-likeness (QED) is 0.908. The van der Waals surface area contributed by atoms with Gasteiger partial charge in [0.1, 0.15) is 0 Å². The van der Waals surface area contributed by atoms with E-state index in [1.807, 2.05) is 12.3 Å². The van der Waals surface area contributed by atoms with Gasteiger partial charge in [-0.1, -0.05) is 36.4 Å². The highest BCUT2D eigenvalue weighted by atomic mass is 14.7. The molecular formula is C17H20N2. The topological polar surface area (TPSA) is 38.9 Å². The maximum atomic E-state index is 6.37. The molecule has 1 aromatic heterocycles. The van der Waals surface area contributed by atoms with Crippen molar-refractivity contribution in [3.63, 3.8) is 0 Å². The summed E-state index contributed by atoms with van der Waals surface area (Å²) < 4.78 is 0. The molecule has 0 aliphatic heterocycles. The van der Waals surface area contributed by atoms with E-state index in [2.05, 4.69) is 48.3 Å². The van der Waals surface area contributed by atoms with Crippen LogP contribution in [0.15, 0.2) is 48.7 Å². The molecule has 3 atom stereocenters. The number of pyridine rings is 1. The van der Waals surface area contributed by atoms with Gasteiger partial charge in [0.15, 0.2) is 0 Å². The Hall–Kier alpha value is -1.67. The average Bonchev–Trinajstić information content (AvgIpc) is 3.23. The largest absolute Gasteiger partial charge is 0.327 e. The lowest BCUT2D eigenvalue weighted by molar-refractivity contribution is 0.569. The number of nitrogens with zero attached hydrogens (tertiary/aromatic N) is 1. The summed E-state index contributed by atoms with van der Waals surface area (Å²) in [5, 5.41) is 0. The first-order chi connectivity index (χ1) is 9.25. The number of aromatic nitrogens is 1. The standard InChI is InChI=1S/C17H20N2/c1-12-6-5-9-19-17(12)11-16(18)15-10-14(15)13-7-3-2-4-8-13/h2-9,14-16H,10-11,18H2,1H3. The van der Waals surface area contributed by atoms with Crippen LogP contribution in [0.1, 0.15) is 29.2 Å². The molecule has 0 saturated heterocycles. The molecular weight excluding hydrogens is 232 g/mol. The van der Waals surface area contributed by atoms with E-state index in [0.29, 0.717) is 11.8 Å². The number of benzene rings is 1. The molecule has 1 saturated carbocycles. The van der Waals surface area contributed by atoms with E-state index in [4.69, 9.17) is 5.73 Å². The lowest BCUT2D eigenvalue weighted by atomic mass is 10.0. The van der Waals surface area contributed by atoms with Gasteiger partial charge in [0, 0.05) is 24.4 Å². The van der Waals surface area contributed by atoms with Gasteiger partial charge in [-0.25, -0.2) is 0 Å². The van der Waals surface area contributed by atoms with E-state index in [1.165, 1.54) is 17.5 Å². The molecule has 1 fully saturated rings. The molecule has 1 aliphatic rings. The van der Waals surface area contributed by atoms with E-state index in [0.717, 1.165) is 12.1 Å². The summed E-state index contributed by atoms with van der Waals surface area (Å²) in [6.07, 6.45) is 3.97. The molecule has 19 heavy (non-hydrogen) atoms. The zero-order valence-corrected chi connectivity index (χ0v) is 11.3. The summed E-state index contributed by atoms with van der Waals surface area (Å²) in [5.41, 5.74) is 10.2. The first-order valence-corrected chi connectivity index (χ1v) is 6.96. The van der Waals surface area contributed by atoms with Crippen LogP contribution in [0.3, 0.4) is 0 Å². The minimum Gasteiger partial charge on any atom is -0.327 e. The highest BCUT2D eigenvalue weighted by molar-refractivity contribution is 5.27. The third-order valence-electron chi connectivity index (χ3n) is 4.16. The third-order valence-corrected chi connectivity index (χ3v) is 4.16. The molecule has 2 N–H and O–H groups in total. The molecule has 1 heterocycles. The Balaban J connectivity index is 1.64. The van der Waals surface area contributed by atoms with Crippen molar-refractivity contribution in [2.75, 3.05) is 0 Å². The Labute approximate surface area is 114 Å². The van der Waals surface area contributed by atoms with Gasteiger partial charge in [-0.05, 0) is 42.4 Å². The Morgan fingerprint density at radius 2 is 2.00 bits per heavy atom. The fourth-order valence-electron chi connectivity index (χ4n) is 2.88. The summed E-state index contributed by atoms with van der Waals surface area (Å²) in [4.78, 5) is 4.45. The lowest BCUT2D eigenvalue weighted by Gasteiger charge is -2.12. The Bertz CT molecular complexity index is 550. The van der Waals surface area contributed by atoms with Gasteiger partial charge in [-0.2, -0.15) is 0 Å². The van der Waals surface area contributed by atoms with Gasteiger partial charge in [-0.3, -0.25) is 4.98 Å². The molecule has 1 aromatic carbocycles. The summed E-state index contributed by atoms with van der Waals surface area (Å²) >= 11 is 0. The maximum Gasteiger partial charge on any atom is 0.0448 e. The summed E-state index contributed by atoms with van der Waals surface area (Å²) in [6.45, 7) is 2.11. The SMILES string of the molecule is Cc1cccnc1CC(N)C1CC1c1ccccc1. The molecule has 0 bridgehead atoms. The van der Waals surface area contributed by atoms with Crippen molar-refractivity contribution in [3.05, 3.63) is 65.5 Å². The van der Waals surface area contributed by atoms with Gasteiger partial charge in [-0.15, -0.1) is 0 Å². The molecule has 98 valence electrons. The molecule has 2 aromatic rings. The first kappa shape index (κ1) is 12.4. The first-order valence-electron chi connectivity index (χ1n) is 6.96. The van der Waals surface area contributed by atoms with Crippen molar-refractivity contribution in [3.8, 4) is 0 Å². The monoisotopic (exact) mass is 252 g/mol. The van der Waals surface area contributed by atoms with E-state index in [1.54, 1.807) is 0 Å². The smallest absolute Gasteiger partial charge is 0.0448 e. The average molecular weight is 252 g/mol. The fourth-order valence-corrected chi connectivity index (χ4v) is 2.88. The molecule has 0 radical (unpaired) electrons. The predicted octanol–water partition coefficient (Wildman–Crippen LogP) is 3.06. The van der Waals surface area contributed by atoms with Gasteiger partial charge in [0.05, 0.1) is 0 Å². The molecule has 2 nitrogen and oxygen atoms in total. The number of nitrogens with two attached hydrogens (primary N) is 1. The minimum atomic E-state index is 0.221. The Morgan fingerprint density at radius 1 is 1.21 bits per heavy atom. The van der Waals surface area contributed by atoms with Crippen molar-refractivity contribution in [1.29, 1.82) is 0 Å². The minimum absolute atomic E-state index is 0.221. The zero-order chi connectivity index (χ0) is 13.2. The van der Waals surface area contributed by atoms with Crippen LogP contribution in [0.5, 0.6) is 0 Å². The molecule has 0 spiro atoms. The Kier molecular flexibility index (Phi) is 3.34. The van der Waals surface area contributed by atoms with Crippen LogP contribution in [-0.4, -0.2) is 11.0 Å². The van der Waals surface area contributed by atoms with E-state index in [9.17, 15) is 0 Å². The van der Waals surface area contributed by atoms with Crippen LogP contribution in [0.2, 0.25) is 0 Å². The second kappa shape index (κ2) is 5.14. The van der Waals surface area contributed by atoms with Crippen LogP contribution in [0.4, 0.5) is 0 Å². The highest BCUT2D eigenvalue weighted by Gasteiger charge is 2.42. The van der Waals surface area contributed by atoms with Gasteiger partial charge in [0.2, 0.25) is 0 Å². The van der Waals surface area contributed by atoms with Crippen LogP contribution in [0.25, 0.3) is 0 Å². The van der Waals surface area contributed by atoms with Crippen molar-refractivity contribution in [1.82, 2.24) is 4.98 Å². The molecule has 1 aliphatic carbocycles. The predicted molar refractivity (Wildman–Crippen MR) is 77.9 cm³/mol. The number of rotatable bonds is 4. The number of hydrogen-bond donors (Lipinski definition) is 1. The second-order valence-electron chi connectivity index (χ2n) is 5.55. The summed E-state index contributed by atoms with van der Waals surface area (Å²) in [7, 11) is 0. The number of hydrogen-bond acceptors (Lipinski definition) is 2. The van der Waals surface area contributed by atoms with E-state index < -0.39 is 0 Å². The molecule has 3 unspecified atom stereocenters. The number of aryl methyl sites for hydroxylation is 1. The van der Waals surface area contributed by atoms with Crippen LogP contribution >= 0.6 is 0 Å². The van der Waals surface area contributed by atoms with Gasteiger partial charge in [0.25, 0.3) is 0 Å². The lowest BCUT2D eigenvalue weighted by Crippen LogP contribution is -2.26. The third kappa shape index (κ3) is 2.69. The van der Waals surface area contributed by atoms with Gasteiger partial charge >= 0.3 is 0 Å². The highest BCUT2D eigenvalue weighted by Crippen LogP contribution is 2.49. The summed E-state index contributed by atoms with van der Waals surface area (Å²) in [5.74, 6) is 1.27. The van der Waals surface area contributed by atoms with E-state index in [-0.39, 0.29) is 6.04 Å². The second-order valence-corrected chi connectivity index (χ2v) is 5.55. The van der Waals surface area contributed by atoms with Crippen LogP contribution in [-0.2, 0) is 6.42 Å². The van der Waals surface area contributed by atoms with Crippen molar-refractivity contribution in [2.45, 2.75) is 31.7 Å². The molecule has 3 rings (SSSR count). The fraction of sp³-hybridized carbons (Fsp3) is 0.353. The van der Waals surface area contributed by atoms with Crippen molar-refractivity contribution in [2.24, 2.45) is 11.7 Å². The normalized spacial score (nSPS) is 23.1. The molecule has 2 heteroatoms. The Morgan fingerprint density at radius 3 is 2.74 bits per heavy atom. The maximum absolute atomic E-state index is 6.37. The van der Waals surface area contributed by atoms with Gasteiger partial charge < -0.3 is 5.73 Å². The molecule has 0 amide bonds. The van der Waals surface area contributed by atoms with Crippen LogP contribution in [0, 0.1) is 12.8 Å². The van der Waals surface area contributed by atoms with Crippen molar-refractivity contribution < 1.29 is 0 Å². The van der Waals surface area contributed by atoms with Crippen LogP contribution < -0.4 is 5.73 Å². The zero-order valence-electron chi connectivity index (χ0n) is 11.3.